The van der Waals surface area contributed by atoms with Gasteiger partial charge in [-0.1, -0.05) is 12.1 Å². The molecule has 2 saturated heterocycles. The maximum absolute atomic E-state index is 12.8. The molecule has 1 spiro atoms. The Labute approximate surface area is 128 Å². The summed E-state index contributed by atoms with van der Waals surface area (Å²) in [5.74, 6) is -0.174. The first-order valence-corrected chi connectivity index (χ1v) is 7.55. The lowest BCUT2D eigenvalue weighted by atomic mass is 9.91. The fourth-order valence-corrected chi connectivity index (χ4v) is 3.00. The molecule has 2 amide bonds. The summed E-state index contributed by atoms with van der Waals surface area (Å²) in [6, 6.07) is 6.23. The van der Waals surface area contributed by atoms with Gasteiger partial charge in [0.2, 0.25) is 5.91 Å². The Hall–Kier alpha value is -2.11. The summed E-state index contributed by atoms with van der Waals surface area (Å²) in [4.78, 5) is 25.2. The lowest BCUT2D eigenvalue weighted by Crippen LogP contribution is -2.48. The Kier molecular flexibility index (Phi) is 4.00. The van der Waals surface area contributed by atoms with Crippen molar-refractivity contribution in [2.75, 3.05) is 19.6 Å². The number of piperidine rings is 1. The van der Waals surface area contributed by atoms with Crippen molar-refractivity contribution in [2.24, 2.45) is 0 Å². The molecule has 0 aliphatic carbocycles. The predicted molar refractivity (Wildman–Crippen MR) is 77.7 cm³/mol. The fraction of sp³-hybridized carbons (Fsp3) is 0.500. The zero-order valence-corrected chi connectivity index (χ0v) is 12.3. The summed E-state index contributed by atoms with van der Waals surface area (Å²) >= 11 is 0. The summed E-state index contributed by atoms with van der Waals surface area (Å²) in [6.45, 7) is 1.75. The van der Waals surface area contributed by atoms with Crippen LogP contribution in [0.2, 0.25) is 0 Å². The molecule has 2 aliphatic heterocycles. The molecule has 6 heteroatoms. The number of halogens is 1. The topological polar surface area (TPSA) is 58.6 Å². The van der Waals surface area contributed by atoms with Gasteiger partial charge < -0.3 is 15.0 Å². The molecular formula is C16H19FN2O3. The van der Waals surface area contributed by atoms with Gasteiger partial charge in [0.05, 0.1) is 6.54 Å². The van der Waals surface area contributed by atoms with Crippen LogP contribution in [0, 0.1) is 5.82 Å². The molecule has 0 atom stereocenters. The average molecular weight is 306 g/mol. The monoisotopic (exact) mass is 306 g/mol. The number of hydrogen-bond acceptors (Lipinski definition) is 3. The number of alkyl carbamates (subject to hydrolysis) is 1. The zero-order valence-electron chi connectivity index (χ0n) is 12.3. The quantitative estimate of drug-likeness (QED) is 0.927. The number of likely N-dealkylation sites (tertiary alicyclic amines) is 1. The van der Waals surface area contributed by atoms with Gasteiger partial charge >= 0.3 is 6.09 Å². The molecular weight excluding hydrogens is 287 g/mol. The van der Waals surface area contributed by atoms with Crippen LogP contribution in [0.25, 0.3) is 0 Å². The van der Waals surface area contributed by atoms with Crippen molar-refractivity contribution in [1.82, 2.24) is 10.2 Å². The van der Waals surface area contributed by atoms with Gasteiger partial charge in [-0.05, 0) is 24.1 Å². The van der Waals surface area contributed by atoms with E-state index in [0.29, 0.717) is 45.3 Å². The highest BCUT2D eigenvalue weighted by Crippen LogP contribution is 2.29. The normalized spacial score (nSPS) is 19.9. The third kappa shape index (κ3) is 3.21. The molecule has 0 unspecified atom stereocenters. The van der Waals surface area contributed by atoms with Gasteiger partial charge in [0.15, 0.2) is 0 Å². The molecule has 0 aromatic heterocycles. The third-order valence-electron chi connectivity index (χ3n) is 4.43. The summed E-state index contributed by atoms with van der Waals surface area (Å²) in [5, 5.41) is 2.68. The summed E-state index contributed by atoms with van der Waals surface area (Å²) in [5.41, 5.74) is 0.530. The number of carbonyl (C=O) groups is 2. The third-order valence-corrected chi connectivity index (χ3v) is 4.43. The second-order valence-corrected chi connectivity index (χ2v) is 5.93. The van der Waals surface area contributed by atoms with E-state index in [4.69, 9.17) is 4.74 Å². The molecule has 2 heterocycles. The molecule has 2 aliphatic rings. The first-order chi connectivity index (χ1) is 10.6. The van der Waals surface area contributed by atoms with Gasteiger partial charge in [-0.2, -0.15) is 0 Å². The standard InChI is InChI=1S/C16H19FN2O3/c17-13-4-1-12(2-5-13)3-6-14(20)19-9-7-16(8-10-19)11-18-15(21)22-16/h1-2,4-5H,3,6-11H2,(H,18,21). The van der Waals surface area contributed by atoms with Crippen molar-refractivity contribution in [1.29, 1.82) is 0 Å². The second kappa shape index (κ2) is 5.94. The van der Waals surface area contributed by atoms with Crippen molar-refractivity contribution < 1.29 is 18.7 Å². The van der Waals surface area contributed by atoms with E-state index in [1.807, 2.05) is 4.90 Å². The van der Waals surface area contributed by atoms with Crippen LogP contribution in [0.1, 0.15) is 24.8 Å². The number of carbonyl (C=O) groups excluding carboxylic acids is 2. The van der Waals surface area contributed by atoms with Crippen LogP contribution < -0.4 is 5.32 Å². The second-order valence-electron chi connectivity index (χ2n) is 5.93. The van der Waals surface area contributed by atoms with Crippen LogP contribution in [0.5, 0.6) is 0 Å². The van der Waals surface area contributed by atoms with E-state index in [9.17, 15) is 14.0 Å². The van der Waals surface area contributed by atoms with Gasteiger partial charge in [0, 0.05) is 32.4 Å². The first kappa shape index (κ1) is 14.8. The highest BCUT2D eigenvalue weighted by atomic mass is 19.1. The van der Waals surface area contributed by atoms with Gasteiger partial charge in [0.1, 0.15) is 11.4 Å². The fourth-order valence-electron chi connectivity index (χ4n) is 3.00. The predicted octanol–water partition coefficient (Wildman–Crippen LogP) is 1.86. The molecule has 22 heavy (non-hydrogen) atoms. The van der Waals surface area contributed by atoms with Gasteiger partial charge in [-0.3, -0.25) is 4.79 Å². The number of ether oxygens (including phenoxy) is 1. The van der Waals surface area contributed by atoms with Gasteiger partial charge in [-0.15, -0.1) is 0 Å². The summed E-state index contributed by atoms with van der Waals surface area (Å²) < 4.78 is 18.2. The number of aryl methyl sites for hydroxylation is 1. The lowest BCUT2D eigenvalue weighted by Gasteiger charge is -2.37. The van der Waals surface area contributed by atoms with Gasteiger partial charge in [-0.25, -0.2) is 9.18 Å². The number of amides is 2. The van der Waals surface area contributed by atoms with Crippen molar-refractivity contribution in [3.63, 3.8) is 0 Å². The minimum Gasteiger partial charge on any atom is -0.441 e. The highest BCUT2D eigenvalue weighted by molar-refractivity contribution is 5.76. The SMILES string of the molecule is O=C1NCC2(CCN(C(=O)CCc3ccc(F)cc3)CC2)O1. The molecule has 3 rings (SSSR count). The number of benzene rings is 1. The van der Waals surface area contributed by atoms with E-state index in [0.717, 1.165) is 5.56 Å². The lowest BCUT2D eigenvalue weighted by molar-refractivity contribution is -0.134. The van der Waals surface area contributed by atoms with E-state index in [-0.39, 0.29) is 17.8 Å². The molecule has 2 fully saturated rings. The maximum atomic E-state index is 12.8. The Morgan fingerprint density at radius 3 is 2.55 bits per heavy atom. The molecule has 1 aromatic carbocycles. The van der Waals surface area contributed by atoms with Crippen molar-refractivity contribution >= 4 is 12.0 Å². The number of hydrogen-bond donors (Lipinski definition) is 1. The Morgan fingerprint density at radius 1 is 1.27 bits per heavy atom. The minimum absolute atomic E-state index is 0.0939. The van der Waals surface area contributed by atoms with Crippen LogP contribution in [0.3, 0.4) is 0 Å². The Bertz CT molecular complexity index is 565. The molecule has 0 saturated carbocycles. The smallest absolute Gasteiger partial charge is 0.407 e. The summed E-state index contributed by atoms with van der Waals surface area (Å²) in [7, 11) is 0. The number of nitrogens with one attached hydrogen (secondary N) is 1. The van der Waals surface area contributed by atoms with E-state index < -0.39 is 5.60 Å². The van der Waals surface area contributed by atoms with E-state index in [2.05, 4.69) is 5.32 Å². The Balaban J connectivity index is 1.48. The molecule has 0 radical (unpaired) electrons. The molecule has 118 valence electrons. The van der Waals surface area contributed by atoms with Crippen LogP contribution >= 0.6 is 0 Å². The Morgan fingerprint density at radius 2 is 1.95 bits per heavy atom. The van der Waals surface area contributed by atoms with E-state index >= 15 is 0 Å². The van der Waals surface area contributed by atoms with Gasteiger partial charge in [0.25, 0.3) is 0 Å². The number of nitrogens with zero attached hydrogens (tertiary/aromatic N) is 1. The molecule has 0 bridgehead atoms. The number of rotatable bonds is 3. The maximum Gasteiger partial charge on any atom is 0.407 e. The molecule has 1 aromatic rings. The van der Waals surface area contributed by atoms with Crippen molar-refractivity contribution in [3.8, 4) is 0 Å². The van der Waals surface area contributed by atoms with E-state index in [1.165, 1.54) is 12.1 Å². The zero-order chi connectivity index (χ0) is 15.6. The van der Waals surface area contributed by atoms with Crippen LogP contribution in [0.4, 0.5) is 9.18 Å². The molecule has 5 nitrogen and oxygen atoms in total. The molecule has 1 N–H and O–H groups in total. The van der Waals surface area contributed by atoms with Crippen LogP contribution in [-0.4, -0.2) is 42.1 Å². The van der Waals surface area contributed by atoms with E-state index in [1.54, 1.807) is 12.1 Å². The van der Waals surface area contributed by atoms with Crippen molar-refractivity contribution in [3.05, 3.63) is 35.6 Å². The highest BCUT2D eigenvalue weighted by Gasteiger charge is 2.43. The largest absolute Gasteiger partial charge is 0.441 e. The van der Waals surface area contributed by atoms with Crippen molar-refractivity contribution in [2.45, 2.75) is 31.3 Å². The minimum atomic E-state index is -0.426. The summed E-state index contributed by atoms with van der Waals surface area (Å²) in [6.07, 6.45) is 2.01. The van der Waals surface area contributed by atoms with Crippen LogP contribution in [0.15, 0.2) is 24.3 Å². The van der Waals surface area contributed by atoms with Crippen LogP contribution in [-0.2, 0) is 16.0 Å². The average Bonchev–Trinajstić information content (AvgIpc) is 2.88. The first-order valence-electron chi connectivity index (χ1n) is 7.55.